The fraction of sp³-hybridized carbons (Fsp3) is 1.00. The van der Waals surface area contributed by atoms with E-state index in [1.807, 2.05) is 14.0 Å². The van der Waals surface area contributed by atoms with Crippen LogP contribution >= 0.6 is 0 Å². The van der Waals surface area contributed by atoms with Gasteiger partial charge in [-0.05, 0) is 19.9 Å². The first-order valence-corrected chi connectivity index (χ1v) is 4.46. The first kappa shape index (κ1) is 9.96. The second-order valence-corrected chi connectivity index (χ2v) is 4.21. The summed E-state index contributed by atoms with van der Waals surface area (Å²) in [6.45, 7) is 7.07. The molecule has 0 bridgehead atoms. The summed E-state index contributed by atoms with van der Waals surface area (Å²) in [6, 6.07) is 0. The van der Waals surface area contributed by atoms with Crippen molar-refractivity contribution in [1.29, 1.82) is 0 Å². The second kappa shape index (κ2) is 3.32. The van der Waals surface area contributed by atoms with Crippen molar-refractivity contribution in [3.05, 3.63) is 0 Å². The summed E-state index contributed by atoms with van der Waals surface area (Å²) in [4.78, 5) is 2.12. The number of aliphatic hydroxyl groups excluding tert-OH is 1. The molecular formula is C9H19NO2. The SMILES string of the molecule is CC(C)[C@H]1OC[C@@](C)(CO)N1C. The molecular weight excluding hydrogens is 154 g/mol. The van der Waals surface area contributed by atoms with E-state index in [1.54, 1.807) is 0 Å². The van der Waals surface area contributed by atoms with Crippen LogP contribution < -0.4 is 0 Å². The largest absolute Gasteiger partial charge is 0.394 e. The average molecular weight is 173 g/mol. The lowest BCUT2D eigenvalue weighted by atomic mass is 10.0. The Labute approximate surface area is 74.3 Å². The quantitative estimate of drug-likeness (QED) is 0.666. The van der Waals surface area contributed by atoms with Crippen LogP contribution in [0.3, 0.4) is 0 Å². The molecule has 1 aliphatic heterocycles. The van der Waals surface area contributed by atoms with Crippen LogP contribution in [0.2, 0.25) is 0 Å². The predicted octanol–water partition coefficient (Wildman–Crippen LogP) is 0.681. The van der Waals surface area contributed by atoms with Crippen molar-refractivity contribution >= 4 is 0 Å². The Morgan fingerprint density at radius 2 is 2.25 bits per heavy atom. The van der Waals surface area contributed by atoms with Crippen LogP contribution in [0.4, 0.5) is 0 Å². The Hall–Kier alpha value is -0.120. The molecule has 1 aliphatic rings. The van der Waals surface area contributed by atoms with Gasteiger partial charge in [0.15, 0.2) is 0 Å². The fourth-order valence-corrected chi connectivity index (χ4v) is 1.58. The maximum absolute atomic E-state index is 9.17. The molecule has 0 saturated carbocycles. The molecule has 1 heterocycles. The van der Waals surface area contributed by atoms with Crippen molar-refractivity contribution in [1.82, 2.24) is 4.90 Å². The minimum Gasteiger partial charge on any atom is -0.394 e. The van der Waals surface area contributed by atoms with Crippen molar-refractivity contribution in [2.75, 3.05) is 20.3 Å². The highest BCUT2D eigenvalue weighted by molar-refractivity contribution is 4.91. The number of likely N-dealkylation sites (N-methyl/N-ethyl adjacent to an activating group) is 1. The Morgan fingerprint density at radius 3 is 2.50 bits per heavy atom. The molecule has 3 heteroatoms. The summed E-state index contributed by atoms with van der Waals surface area (Å²) in [6.07, 6.45) is 0.155. The minimum absolute atomic E-state index is 0.155. The summed E-state index contributed by atoms with van der Waals surface area (Å²) in [5, 5.41) is 9.17. The van der Waals surface area contributed by atoms with Crippen molar-refractivity contribution < 1.29 is 9.84 Å². The molecule has 0 aromatic rings. The van der Waals surface area contributed by atoms with Crippen LogP contribution in [0.25, 0.3) is 0 Å². The maximum atomic E-state index is 9.17. The van der Waals surface area contributed by atoms with Crippen LogP contribution in [0.5, 0.6) is 0 Å². The summed E-state index contributed by atoms with van der Waals surface area (Å²) >= 11 is 0. The first-order chi connectivity index (χ1) is 5.51. The zero-order valence-electron chi connectivity index (χ0n) is 8.37. The first-order valence-electron chi connectivity index (χ1n) is 4.46. The molecule has 0 unspecified atom stereocenters. The smallest absolute Gasteiger partial charge is 0.113 e. The molecule has 1 saturated heterocycles. The van der Waals surface area contributed by atoms with Gasteiger partial charge < -0.3 is 9.84 Å². The molecule has 1 N–H and O–H groups in total. The van der Waals surface area contributed by atoms with Gasteiger partial charge in [-0.3, -0.25) is 4.90 Å². The molecule has 0 radical (unpaired) electrons. The fourth-order valence-electron chi connectivity index (χ4n) is 1.58. The van der Waals surface area contributed by atoms with Crippen molar-refractivity contribution in [2.24, 2.45) is 5.92 Å². The molecule has 0 spiro atoms. The number of rotatable bonds is 2. The van der Waals surface area contributed by atoms with E-state index in [2.05, 4.69) is 18.7 Å². The van der Waals surface area contributed by atoms with Gasteiger partial charge in [-0.25, -0.2) is 0 Å². The summed E-state index contributed by atoms with van der Waals surface area (Å²) in [5.74, 6) is 0.475. The molecule has 3 nitrogen and oxygen atoms in total. The predicted molar refractivity (Wildman–Crippen MR) is 47.8 cm³/mol. The Bertz CT molecular complexity index is 161. The van der Waals surface area contributed by atoms with Crippen LogP contribution in [-0.4, -0.2) is 42.0 Å². The van der Waals surface area contributed by atoms with E-state index in [0.717, 1.165) is 0 Å². The van der Waals surface area contributed by atoms with E-state index in [0.29, 0.717) is 12.5 Å². The van der Waals surface area contributed by atoms with Gasteiger partial charge in [0.05, 0.1) is 18.8 Å². The van der Waals surface area contributed by atoms with E-state index in [4.69, 9.17) is 4.74 Å². The van der Waals surface area contributed by atoms with E-state index >= 15 is 0 Å². The maximum Gasteiger partial charge on any atom is 0.113 e. The topological polar surface area (TPSA) is 32.7 Å². The zero-order chi connectivity index (χ0) is 9.35. The lowest BCUT2D eigenvalue weighted by Gasteiger charge is -2.32. The van der Waals surface area contributed by atoms with Crippen LogP contribution in [0.1, 0.15) is 20.8 Å². The molecule has 12 heavy (non-hydrogen) atoms. The highest BCUT2D eigenvalue weighted by atomic mass is 16.5. The van der Waals surface area contributed by atoms with Gasteiger partial charge in [-0.15, -0.1) is 0 Å². The third kappa shape index (κ3) is 1.49. The van der Waals surface area contributed by atoms with E-state index in [9.17, 15) is 5.11 Å². The summed E-state index contributed by atoms with van der Waals surface area (Å²) in [7, 11) is 2.01. The molecule has 1 fully saturated rings. The molecule has 0 amide bonds. The van der Waals surface area contributed by atoms with Crippen molar-refractivity contribution in [3.63, 3.8) is 0 Å². The van der Waals surface area contributed by atoms with Crippen LogP contribution in [0, 0.1) is 5.92 Å². The molecule has 1 rings (SSSR count). The number of nitrogens with zero attached hydrogens (tertiary/aromatic N) is 1. The third-order valence-electron chi connectivity index (χ3n) is 2.71. The Balaban J connectivity index is 2.66. The molecule has 2 atom stereocenters. The highest BCUT2D eigenvalue weighted by Gasteiger charge is 2.41. The van der Waals surface area contributed by atoms with Gasteiger partial charge in [-0.2, -0.15) is 0 Å². The second-order valence-electron chi connectivity index (χ2n) is 4.21. The van der Waals surface area contributed by atoms with Gasteiger partial charge in [0.2, 0.25) is 0 Å². The van der Waals surface area contributed by atoms with Gasteiger partial charge in [-0.1, -0.05) is 13.8 Å². The Morgan fingerprint density at radius 1 is 1.67 bits per heavy atom. The normalized spacial score (nSPS) is 38.0. The van der Waals surface area contributed by atoms with E-state index in [1.165, 1.54) is 0 Å². The highest BCUT2D eigenvalue weighted by Crippen LogP contribution is 2.28. The summed E-state index contributed by atoms with van der Waals surface area (Å²) in [5.41, 5.74) is -0.186. The number of hydrogen-bond donors (Lipinski definition) is 1. The van der Waals surface area contributed by atoms with E-state index in [-0.39, 0.29) is 18.4 Å². The minimum atomic E-state index is -0.186. The van der Waals surface area contributed by atoms with Gasteiger partial charge in [0.1, 0.15) is 6.23 Å². The number of hydrogen-bond acceptors (Lipinski definition) is 3. The van der Waals surface area contributed by atoms with Gasteiger partial charge in [0.25, 0.3) is 0 Å². The number of ether oxygens (including phenoxy) is 1. The monoisotopic (exact) mass is 173 g/mol. The average Bonchev–Trinajstić information content (AvgIpc) is 2.30. The van der Waals surface area contributed by atoms with Crippen LogP contribution in [0.15, 0.2) is 0 Å². The summed E-state index contributed by atoms with van der Waals surface area (Å²) < 4.78 is 5.60. The molecule has 0 aliphatic carbocycles. The Kier molecular flexibility index (Phi) is 2.76. The van der Waals surface area contributed by atoms with Crippen LogP contribution in [-0.2, 0) is 4.74 Å². The third-order valence-corrected chi connectivity index (χ3v) is 2.71. The molecule has 0 aromatic carbocycles. The molecule has 72 valence electrons. The molecule has 0 aromatic heterocycles. The van der Waals surface area contributed by atoms with Crippen molar-refractivity contribution in [3.8, 4) is 0 Å². The van der Waals surface area contributed by atoms with E-state index < -0.39 is 0 Å². The lowest BCUT2D eigenvalue weighted by Crippen LogP contribution is -2.47. The standard InChI is InChI=1S/C9H19NO2/c1-7(2)8-10(4)9(3,5-11)6-12-8/h7-8,11H,5-6H2,1-4H3/t8-,9-/m1/s1. The number of aliphatic hydroxyl groups is 1. The van der Waals surface area contributed by atoms with Crippen molar-refractivity contribution in [2.45, 2.75) is 32.5 Å². The zero-order valence-corrected chi connectivity index (χ0v) is 8.37. The van der Waals surface area contributed by atoms with Gasteiger partial charge >= 0.3 is 0 Å². The van der Waals surface area contributed by atoms with Gasteiger partial charge in [0, 0.05) is 0 Å². The lowest BCUT2D eigenvalue weighted by molar-refractivity contribution is -0.00147.